The topological polar surface area (TPSA) is 192 Å². The summed E-state index contributed by atoms with van der Waals surface area (Å²) in [6, 6.07) is -0.860. The predicted octanol–water partition coefficient (Wildman–Crippen LogP) is 6.99. The number of nitrogens with one attached hydrogen (secondary N) is 1. The number of allylic oxidation sites excluding steroid dienone is 4. The first-order valence-electron chi connectivity index (χ1n) is 20.7. The first-order valence-corrected chi connectivity index (χ1v) is 22.1. The van der Waals surface area contributed by atoms with Crippen LogP contribution < -0.4 is 5.32 Å². The number of carbonyl (C=O) groups excluding carboxylic acids is 1. The maximum absolute atomic E-state index is 13.0. The summed E-state index contributed by atoms with van der Waals surface area (Å²) in [5, 5.41) is 44.6. The Labute approximate surface area is 321 Å². The third-order valence-electron chi connectivity index (χ3n) is 9.79. The van der Waals surface area contributed by atoms with Crippen LogP contribution in [0.2, 0.25) is 0 Å². The minimum atomic E-state index is -5.07. The van der Waals surface area contributed by atoms with Crippen molar-refractivity contribution in [3.63, 3.8) is 0 Å². The zero-order chi connectivity index (χ0) is 39.2. The molecule has 0 spiro atoms. The van der Waals surface area contributed by atoms with Gasteiger partial charge in [0.15, 0.2) is 6.29 Å². The van der Waals surface area contributed by atoms with Crippen molar-refractivity contribution in [3.8, 4) is 0 Å². The van der Waals surface area contributed by atoms with Gasteiger partial charge in [0.25, 0.3) is 0 Å². The molecule has 53 heavy (non-hydrogen) atoms. The second-order valence-electron chi connectivity index (χ2n) is 14.6. The fourth-order valence-electron chi connectivity index (χ4n) is 6.51. The van der Waals surface area contributed by atoms with Gasteiger partial charge in [-0.2, -0.15) is 8.42 Å². The average molecular weight is 778 g/mol. The Hall–Kier alpha value is -1.42. The van der Waals surface area contributed by atoms with E-state index in [-0.39, 0.29) is 18.9 Å². The highest BCUT2D eigenvalue weighted by molar-refractivity contribution is 7.80. The molecule has 1 saturated heterocycles. The van der Waals surface area contributed by atoms with Crippen molar-refractivity contribution >= 4 is 16.3 Å². The Kier molecular flexibility index (Phi) is 29.7. The lowest BCUT2D eigenvalue weighted by Gasteiger charge is -2.41. The minimum Gasteiger partial charge on any atom is -0.394 e. The number of amides is 1. The molecule has 0 aromatic heterocycles. The summed E-state index contributed by atoms with van der Waals surface area (Å²) in [6.45, 7) is 3.37. The number of aliphatic hydroxyl groups is 4. The molecule has 12 nitrogen and oxygen atoms in total. The van der Waals surface area contributed by atoms with Gasteiger partial charge in [-0.1, -0.05) is 147 Å². The molecule has 0 aromatic carbocycles. The largest absolute Gasteiger partial charge is 0.397 e. The smallest absolute Gasteiger partial charge is 0.394 e. The number of unbranched alkanes of at least 4 members (excludes halogenated alkanes) is 19. The van der Waals surface area contributed by atoms with Crippen molar-refractivity contribution in [3.05, 3.63) is 24.3 Å². The van der Waals surface area contributed by atoms with Crippen LogP contribution in [0.15, 0.2) is 24.3 Å². The van der Waals surface area contributed by atoms with E-state index < -0.39 is 59.9 Å². The maximum Gasteiger partial charge on any atom is 0.397 e. The Morgan fingerprint density at radius 1 is 0.755 bits per heavy atom. The first-order chi connectivity index (χ1) is 25.5. The second kappa shape index (κ2) is 31.7. The number of hydrogen-bond donors (Lipinski definition) is 6. The molecule has 7 atom stereocenters. The Morgan fingerprint density at radius 3 is 1.79 bits per heavy atom. The lowest BCUT2D eigenvalue weighted by molar-refractivity contribution is -0.298. The van der Waals surface area contributed by atoms with E-state index in [4.69, 9.17) is 14.0 Å². The summed E-state index contributed by atoms with van der Waals surface area (Å²) in [6.07, 6.45) is 24.7. The molecule has 0 bridgehead atoms. The number of carbonyl (C=O) groups is 1. The number of rotatable bonds is 34. The summed E-state index contributed by atoms with van der Waals surface area (Å²) >= 11 is 0. The highest BCUT2D eigenvalue weighted by atomic mass is 32.3. The van der Waals surface area contributed by atoms with Gasteiger partial charge in [-0.05, 0) is 38.5 Å². The maximum atomic E-state index is 13.0. The van der Waals surface area contributed by atoms with E-state index in [9.17, 15) is 33.6 Å². The predicted molar refractivity (Wildman–Crippen MR) is 209 cm³/mol. The molecule has 1 heterocycles. The van der Waals surface area contributed by atoms with Crippen molar-refractivity contribution in [1.82, 2.24) is 5.32 Å². The van der Waals surface area contributed by atoms with Crippen LogP contribution in [0.25, 0.3) is 0 Å². The van der Waals surface area contributed by atoms with Crippen LogP contribution in [0, 0.1) is 0 Å². The van der Waals surface area contributed by atoms with E-state index in [1.807, 2.05) is 0 Å². The highest BCUT2D eigenvalue weighted by Gasteiger charge is 2.48. The van der Waals surface area contributed by atoms with Crippen LogP contribution in [-0.4, -0.2) is 95.4 Å². The summed E-state index contributed by atoms with van der Waals surface area (Å²) in [5.74, 6) is -0.245. The third-order valence-corrected chi connectivity index (χ3v) is 10.3. The fraction of sp³-hybridized carbons (Fsp3) is 0.875. The van der Waals surface area contributed by atoms with E-state index in [0.29, 0.717) is 12.8 Å². The second-order valence-corrected chi connectivity index (χ2v) is 15.7. The van der Waals surface area contributed by atoms with Gasteiger partial charge in [0.05, 0.1) is 25.4 Å². The SMILES string of the molecule is CCCCC/C=C\C=C/CCCCCCCCC(=O)NC(COC1OC(CO)C(O)C(OS(=O)(=O)O)C1O)C(O)CCCCCCCCCCCCC. The molecule has 1 aliphatic heterocycles. The third kappa shape index (κ3) is 25.4. The lowest BCUT2D eigenvalue weighted by Crippen LogP contribution is -2.61. The molecule has 7 unspecified atom stereocenters. The molecular weight excluding hydrogens is 703 g/mol. The van der Waals surface area contributed by atoms with Crippen LogP contribution in [0.1, 0.15) is 168 Å². The number of aliphatic hydroxyl groups excluding tert-OH is 4. The Bertz CT molecular complexity index is 1060. The van der Waals surface area contributed by atoms with E-state index in [2.05, 4.69) is 47.7 Å². The van der Waals surface area contributed by atoms with Gasteiger partial charge in [0, 0.05) is 6.42 Å². The molecule has 0 aromatic rings. The summed E-state index contributed by atoms with van der Waals surface area (Å²) in [4.78, 5) is 13.0. The van der Waals surface area contributed by atoms with Crippen LogP contribution in [0.3, 0.4) is 0 Å². The number of ether oxygens (including phenoxy) is 2. The van der Waals surface area contributed by atoms with Gasteiger partial charge in [-0.3, -0.25) is 9.35 Å². The van der Waals surface area contributed by atoms with Crippen molar-refractivity contribution in [2.75, 3.05) is 13.2 Å². The molecule has 1 fully saturated rings. The van der Waals surface area contributed by atoms with Gasteiger partial charge in [0.1, 0.15) is 24.4 Å². The first kappa shape index (κ1) is 49.6. The zero-order valence-electron chi connectivity index (χ0n) is 32.8. The normalized spacial score (nSPS) is 22.1. The summed E-state index contributed by atoms with van der Waals surface area (Å²) in [5.41, 5.74) is 0. The fourth-order valence-corrected chi connectivity index (χ4v) is 7.02. The van der Waals surface area contributed by atoms with Crippen molar-refractivity contribution in [2.24, 2.45) is 0 Å². The van der Waals surface area contributed by atoms with Crippen molar-refractivity contribution < 1.29 is 51.8 Å². The van der Waals surface area contributed by atoms with Gasteiger partial charge < -0.3 is 35.2 Å². The van der Waals surface area contributed by atoms with E-state index in [1.54, 1.807) is 0 Å². The summed E-state index contributed by atoms with van der Waals surface area (Å²) in [7, 11) is -5.07. The van der Waals surface area contributed by atoms with Crippen molar-refractivity contribution in [1.29, 1.82) is 0 Å². The van der Waals surface area contributed by atoms with E-state index in [0.717, 1.165) is 70.6 Å². The Balaban J connectivity index is 2.57. The Morgan fingerprint density at radius 2 is 1.25 bits per heavy atom. The summed E-state index contributed by atoms with van der Waals surface area (Å²) < 4.78 is 47.5. The highest BCUT2D eigenvalue weighted by Crippen LogP contribution is 2.26. The molecule has 1 rings (SSSR count). The molecule has 312 valence electrons. The van der Waals surface area contributed by atoms with Gasteiger partial charge in [-0.25, -0.2) is 4.18 Å². The lowest BCUT2D eigenvalue weighted by atomic mass is 9.99. The molecule has 6 N–H and O–H groups in total. The van der Waals surface area contributed by atoms with Gasteiger partial charge in [-0.15, -0.1) is 0 Å². The molecule has 0 radical (unpaired) electrons. The van der Waals surface area contributed by atoms with Crippen molar-refractivity contribution in [2.45, 2.75) is 211 Å². The average Bonchev–Trinajstić information content (AvgIpc) is 3.12. The van der Waals surface area contributed by atoms with E-state index >= 15 is 0 Å². The standard InChI is InChI=1S/C40H75NO11S/c1-3-5-7-9-11-13-15-16-17-18-20-22-24-26-28-30-36(44)41-33(34(43)29-27-25-23-21-19-14-12-10-8-6-4-2)32-50-40-38(46)39(52-53(47,48)49)37(45)35(31-42)51-40/h11,13,15-16,33-35,37-40,42-43,45-46H,3-10,12,14,17-32H2,1-2H3,(H,41,44)(H,47,48,49)/b13-11-,16-15-. The van der Waals surface area contributed by atoms with Gasteiger partial charge in [0.2, 0.25) is 5.91 Å². The number of hydrogen-bond acceptors (Lipinski definition) is 10. The molecule has 1 aliphatic rings. The van der Waals surface area contributed by atoms with E-state index in [1.165, 1.54) is 64.2 Å². The molecular formula is C40H75NO11S. The zero-order valence-corrected chi connectivity index (χ0v) is 33.6. The monoisotopic (exact) mass is 778 g/mol. The minimum absolute atomic E-state index is 0.245. The van der Waals surface area contributed by atoms with Crippen LogP contribution in [-0.2, 0) is 28.9 Å². The molecule has 1 amide bonds. The molecule has 0 saturated carbocycles. The van der Waals surface area contributed by atoms with Gasteiger partial charge >= 0.3 is 10.4 Å². The molecule has 0 aliphatic carbocycles. The van der Waals surface area contributed by atoms with Crippen LogP contribution in [0.5, 0.6) is 0 Å². The molecule has 13 heteroatoms. The van der Waals surface area contributed by atoms with Crippen LogP contribution in [0.4, 0.5) is 0 Å². The van der Waals surface area contributed by atoms with Crippen LogP contribution >= 0.6 is 0 Å². The quantitative estimate of drug-likeness (QED) is 0.0224.